The van der Waals surface area contributed by atoms with Crippen LogP contribution in [0, 0.1) is 0 Å². The van der Waals surface area contributed by atoms with Gasteiger partial charge in [-0.2, -0.15) is 0 Å². The highest BCUT2D eigenvalue weighted by Crippen LogP contribution is 2.21. The number of nitrogens with one attached hydrogen (secondary N) is 1. The van der Waals surface area contributed by atoms with Gasteiger partial charge in [-0.1, -0.05) is 30.3 Å². The van der Waals surface area contributed by atoms with Crippen LogP contribution in [-0.2, 0) is 6.54 Å². The van der Waals surface area contributed by atoms with E-state index in [-0.39, 0.29) is 11.8 Å². The molecule has 22 heavy (non-hydrogen) atoms. The molecule has 0 unspecified atom stereocenters. The molecule has 0 bridgehead atoms. The summed E-state index contributed by atoms with van der Waals surface area (Å²) in [6.07, 6.45) is 0. The summed E-state index contributed by atoms with van der Waals surface area (Å²) >= 11 is 3.36. The van der Waals surface area contributed by atoms with Gasteiger partial charge < -0.3 is 10.2 Å². The Labute approximate surface area is 137 Å². The number of carbonyl (C=O) groups is 2. The molecule has 0 saturated heterocycles. The molecule has 0 atom stereocenters. The fraction of sp³-hybridized carbons (Fsp3) is 0.176. The van der Waals surface area contributed by atoms with Crippen LogP contribution >= 0.6 is 15.9 Å². The summed E-state index contributed by atoms with van der Waals surface area (Å²) < 4.78 is 0.761. The molecular weight excluding hydrogens is 344 g/mol. The van der Waals surface area contributed by atoms with E-state index >= 15 is 0 Å². The van der Waals surface area contributed by atoms with Crippen molar-refractivity contribution >= 4 is 27.7 Å². The van der Waals surface area contributed by atoms with E-state index in [0.29, 0.717) is 25.2 Å². The highest BCUT2D eigenvalue weighted by molar-refractivity contribution is 9.10. The van der Waals surface area contributed by atoms with E-state index in [2.05, 4.69) is 21.2 Å². The Kier molecular flexibility index (Phi) is 4.24. The lowest BCUT2D eigenvalue weighted by Gasteiger charge is -2.16. The molecule has 0 radical (unpaired) electrons. The summed E-state index contributed by atoms with van der Waals surface area (Å²) in [5.41, 5.74) is 2.41. The van der Waals surface area contributed by atoms with E-state index in [1.165, 1.54) is 0 Å². The number of hydrogen-bond donors (Lipinski definition) is 1. The lowest BCUT2D eigenvalue weighted by molar-refractivity contribution is 0.0770. The first-order valence-corrected chi connectivity index (χ1v) is 7.86. The average molecular weight is 359 g/mol. The topological polar surface area (TPSA) is 49.4 Å². The number of carbonyl (C=O) groups excluding carboxylic acids is 2. The normalized spacial score (nSPS) is 13.1. The molecule has 2 aromatic rings. The minimum atomic E-state index is -0.142. The second-order valence-corrected chi connectivity index (χ2v) is 5.97. The van der Waals surface area contributed by atoms with Crippen LogP contribution in [-0.4, -0.2) is 29.8 Å². The van der Waals surface area contributed by atoms with Gasteiger partial charge in [-0.25, -0.2) is 0 Å². The highest BCUT2D eigenvalue weighted by atomic mass is 79.9. The molecule has 4 nitrogen and oxygen atoms in total. The summed E-state index contributed by atoms with van der Waals surface area (Å²) in [7, 11) is 0. The van der Waals surface area contributed by atoms with Crippen molar-refractivity contribution < 1.29 is 9.59 Å². The zero-order valence-corrected chi connectivity index (χ0v) is 13.5. The number of amides is 2. The maximum Gasteiger partial charge on any atom is 0.254 e. The Bertz CT molecular complexity index is 730. The van der Waals surface area contributed by atoms with Gasteiger partial charge in [0.25, 0.3) is 11.8 Å². The van der Waals surface area contributed by atoms with Gasteiger partial charge in [-0.3, -0.25) is 9.59 Å². The molecule has 3 rings (SSSR count). The Hall–Kier alpha value is -2.14. The molecule has 2 aromatic carbocycles. The number of nitrogens with zero attached hydrogens (tertiary/aromatic N) is 1. The second-order valence-electron chi connectivity index (χ2n) is 5.12. The smallest absolute Gasteiger partial charge is 0.254 e. The quantitative estimate of drug-likeness (QED) is 0.913. The van der Waals surface area contributed by atoms with Gasteiger partial charge in [0.1, 0.15) is 0 Å². The summed E-state index contributed by atoms with van der Waals surface area (Å²) in [6, 6.07) is 14.9. The fourth-order valence-corrected chi connectivity index (χ4v) is 3.01. The van der Waals surface area contributed by atoms with Gasteiger partial charge in [0.15, 0.2) is 0 Å². The Balaban J connectivity index is 1.56. The van der Waals surface area contributed by atoms with Crippen LogP contribution in [0.25, 0.3) is 0 Å². The molecule has 0 aromatic heterocycles. The van der Waals surface area contributed by atoms with Crippen LogP contribution in [0.1, 0.15) is 26.3 Å². The maximum atomic E-state index is 12.2. The van der Waals surface area contributed by atoms with E-state index in [0.717, 1.165) is 15.6 Å². The molecule has 0 fully saturated rings. The van der Waals surface area contributed by atoms with Gasteiger partial charge >= 0.3 is 0 Å². The Morgan fingerprint density at radius 3 is 2.64 bits per heavy atom. The SMILES string of the molecule is O=C(NCCN1Cc2ccccc2C1=O)c1ccccc1Br. The van der Waals surface area contributed by atoms with Crippen molar-refractivity contribution in [3.05, 3.63) is 69.7 Å². The molecule has 0 saturated carbocycles. The van der Waals surface area contributed by atoms with Crippen molar-refractivity contribution in [1.29, 1.82) is 0 Å². The third-order valence-corrected chi connectivity index (χ3v) is 4.37. The predicted molar refractivity (Wildman–Crippen MR) is 87.7 cm³/mol. The molecule has 1 aliphatic rings. The summed E-state index contributed by atoms with van der Waals surface area (Å²) in [5.74, 6) is -0.109. The summed E-state index contributed by atoms with van der Waals surface area (Å²) in [5, 5.41) is 2.85. The third kappa shape index (κ3) is 2.90. The van der Waals surface area contributed by atoms with Crippen molar-refractivity contribution in [2.75, 3.05) is 13.1 Å². The molecule has 0 aliphatic carbocycles. The second kappa shape index (κ2) is 6.32. The third-order valence-electron chi connectivity index (χ3n) is 3.68. The molecular formula is C17H15BrN2O2. The monoisotopic (exact) mass is 358 g/mol. The largest absolute Gasteiger partial charge is 0.350 e. The lowest BCUT2D eigenvalue weighted by atomic mass is 10.1. The van der Waals surface area contributed by atoms with Crippen molar-refractivity contribution in [1.82, 2.24) is 10.2 Å². The van der Waals surface area contributed by atoms with Crippen molar-refractivity contribution in [2.24, 2.45) is 0 Å². The number of benzene rings is 2. The van der Waals surface area contributed by atoms with Crippen LogP contribution in [0.15, 0.2) is 53.0 Å². The summed E-state index contributed by atoms with van der Waals surface area (Å²) in [4.78, 5) is 26.1. The standard InChI is InChI=1S/C17H15BrN2O2/c18-15-8-4-3-7-14(15)16(21)19-9-10-20-11-12-5-1-2-6-13(12)17(20)22/h1-8H,9-11H2,(H,19,21). The van der Waals surface area contributed by atoms with Gasteiger partial charge in [-0.05, 0) is 39.7 Å². The van der Waals surface area contributed by atoms with E-state index < -0.39 is 0 Å². The minimum absolute atomic E-state index is 0.0331. The van der Waals surface area contributed by atoms with E-state index in [4.69, 9.17) is 0 Å². The van der Waals surface area contributed by atoms with Gasteiger partial charge in [0, 0.05) is 29.7 Å². The average Bonchev–Trinajstić information content (AvgIpc) is 2.84. The molecule has 2 amide bonds. The Morgan fingerprint density at radius 2 is 1.86 bits per heavy atom. The molecule has 1 N–H and O–H groups in total. The van der Waals surface area contributed by atoms with Crippen molar-refractivity contribution in [3.63, 3.8) is 0 Å². The summed E-state index contributed by atoms with van der Waals surface area (Å²) in [6.45, 7) is 1.55. The molecule has 0 spiro atoms. The van der Waals surface area contributed by atoms with Gasteiger partial charge in [0.05, 0.1) is 5.56 Å². The number of hydrogen-bond acceptors (Lipinski definition) is 2. The molecule has 1 aliphatic heterocycles. The van der Waals surface area contributed by atoms with Crippen LogP contribution in [0.4, 0.5) is 0 Å². The fourth-order valence-electron chi connectivity index (χ4n) is 2.54. The van der Waals surface area contributed by atoms with Crippen molar-refractivity contribution in [2.45, 2.75) is 6.54 Å². The number of rotatable bonds is 4. The number of halogens is 1. The Morgan fingerprint density at radius 1 is 1.14 bits per heavy atom. The van der Waals surface area contributed by atoms with Crippen LogP contribution in [0.5, 0.6) is 0 Å². The van der Waals surface area contributed by atoms with E-state index in [1.807, 2.05) is 42.5 Å². The van der Waals surface area contributed by atoms with Gasteiger partial charge in [-0.15, -0.1) is 0 Å². The van der Waals surface area contributed by atoms with Crippen LogP contribution < -0.4 is 5.32 Å². The first kappa shape index (κ1) is 14.8. The number of fused-ring (bicyclic) bond motifs is 1. The molecule has 5 heteroatoms. The van der Waals surface area contributed by atoms with Crippen LogP contribution in [0.3, 0.4) is 0 Å². The first-order chi connectivity index (χ1) is 10.7. The molecule has 112 valence electrons. The minimum Gasteiger partial charge on any atom is -0.350 e. The lowest BCUT2D eigenvalue weighted by Crippen LogP contribution is -2.35. The van der Waals surface area contributed by atoms with Crippen LogP contribution in [0.2, 0.25) is 0 Å². The molecule has 1 heterocycles. The zero-order chi connectivity index (χ0) is 15.5. The van der Waals surface area contributed by atoms with Crippen molar-refractivity contribution in [3.8, 4) is 0 Å². The first-order valence-electron chi connectivity index (χ1n) is 7.07. The highest BCUT2D eigenvalue weighted by Gasteiger charge is 2.26. The maximum absolute atomic E-state index is 12.2. The van der Waals surface area contributed by atoms with E-state index in [1.54, 1.807) is 11.0 Å². The predicted octanol–water partition coefficient (Wildman–Crippen LogP) is 2.83. The van der Waals surface area contributed by atoms with Gasteiger partial charge in [0.2, 0.25) is 0 Å². The zero-order valence-electron chi connectivity index (χ0n) is 11.9. The van der Waals surface area contributed by atoms with E-state index in [9.17, 15) is 9.59 Å².